The van der Waals surface area contributed by atoms with Crippen molar-refractivity contribution in [2.45, 2.75) is 39.9 Å². The van der Waals surface area contributed by atoms with E-state index >= 15 is 0 Å². The second kappa shape index (κ2) is 12.6. The second-order valence-corrected chi connectivity index (χ2v) is 20.7. The predicted molar refractivity (Wildman–Crippen MR) is 223 cm³/mol. The summed E-state index contributed by atoms with van der Waals surface area (Å²) in [4.78, 5) is 10.5. The Bertz CT molecular complexity index is 2830. The lowest BCUT2D eigenvalue weighted by atomic mass is 9.93. The molecule has 0 aliphatic carbocycles. The topological polar surface area (TPSA) is 64.1 Å². The Morgan fingerprint density at radius 1 is 0.717 bits per heavy atom. The Morgan fingerprint density at radius 3 is 2.25 bits per heavy atom. The third-order valence-corrected chi connectivity index (χ3v) is 12.3. The van der Waals surface area contributed by atoms with Gasteiger partial charge >= 0.3 is 0 Å². The molecule has 0 aliphatic rings. The van der Waals surface area contributed by atoms with Gasteiger partial charge in [0.05, 0.1) is 36.1 Å². The number of nitrogens with zero attached hydrogens (tertiary/aromatic N) is 3. The molecule has 0 spiro atoms. The van der Waals surface area contributed by atoms with Gasteiger partial charge in [-0.05, 0) is 88.6 Å². The summed E-state index contributed by atoms with van der Waals surface area (Å²) < 4.78 is 8.84. The third kappa shape index (κ3) is 5.70. The summed E-state index contributed by atoms with van der Waals surface area (Å²) in [6, 6.07) is 44.1. The van der Waals surface area contributed by atoms with E-state index in [1.54, 1.807) is 6.07 Å². The number of benzene rings is 6. The number of aromatic hydroxyl groups is 1. The van der Waals surface area contributed by atoms with Crippen LogP contribution in [0.3, 0.4) is 0 Å². The molecule has 260 valence electrons. The fourth-order valence-electron chi connectivity index (χ4n) is 7.70. The summed E-state index contributed by atoms with van der Waals surface area (Å²) in [5.41, 5.74) is 10.3. The van der Waals surface area contributed by atoms with Crippen LogP contribution in [-0.2, 0) is 6.42 Å². The molecule has 0 bridgehead atoms. The summed E-state index contributed by atoms with van der Waals surface area (Å²) in [7, 11) is -1.55. The summed E-state index contributed by atoms with van der Waals surface area (Å²) in [6.07, 6.45) is 2.95. The number of fused-ring (bicyclic) bond motifs is 5. The number of para-hydroxylation sites is 2. The maximum absolute atomic E-state index is 11.3. The lowest BCUT2D eigenvalue weighted by Gasteiger charge is -2.16. The van der Waals surface area contributed by atoms with Gasteiger partial charge in [-0.15, -0.1) is 0 Å². The Labute approximate surface area is 310 Å². The average Bonchev–Trinajstić information content (AvgIpc) is 3.72. The van der Waals surface area contributed by atoms with Crippen LogP contribution >= 0.6 is 0 Å². The molecule has 1 N–H and O–H groups in total. The summed E-state index contributed by atoms with van der Waals surface area (Å²) >= 11 is 0. The molecule has 0 atom stereocenters. The predicted octanol–water partition coefficient (Wildman–Crippen LogP) is 11.9. The Morgan fingerprint density at radius 2 is 1.47 bits per heavy atom. The molecule has 0 saturated carbocycles. The lowest BCUT2D eigenvalue weighted by molar-refractivity contribution is 0.477. The van der Waals surface area contributed by atoms with Crippen LogP contribution in [0.5, 0.6) is 5.75 Å². The van der Waals surface area contributed by atoms with Crippen LogP contribution in [-0.4, -0.2) is 27.7 Å². The van der Waals surface area contributed by atoms with E-state index in [1.807, 2.05) is 30.3 Å². The van der Waals surface area contributed by atoms with Gasteiger partial charge in [0.2, 0.25) is 0 Å². The van der Waals surface area contributed by atoms with Crippen LogP contribution in [0.2, 0.25) is 19.6 Å². The Hall–Kier alpha value is -5.98. The number of phenolic OH excluding ortho intramolecular Hbond substituents is 1. The van der Waals surface area contributed by atoms with E-state index in [4.69, 9.17) is 14.4 Å². The standard InChI is InChI=1S/C47H41N3O2Si/c1-29(2)23-30-24-37(32-26-38-35-16-9-11-20-44(35)52-46(38)39(27-32)40-22-21-33(28-48-40)53(3,4)5)45-42(25-30)50(47(49-45)36-17-8-10-19-43(36)51)41-18-12-14-31-13-6-7-15-34(31)41/h6-22,24-29,51H,23H2,1-5H3. The van der Waals surface area contributed by atoms with Crippen molar-refractivity contribution >= 4 is 57.0 Å². The summed E-state index contributed by atoms with van der Waals surface area (Å²) in [5.74, 6) is 1.32. The molecule has 3 heterocycles. The first kappa shape index (κ1) is 32.9. The highest BCUT2D eigenvalue weighted by Crippen LogP contribution is 2.43. The van der Waals surface area contributed by atoms with E-state index in [9.17, 15) is 5.11 Å². The van der Waals surface area contributed by atoms with Gasteiger partial charge in [0.15, 0.2) is 0 Å². The van der Waals surface area contributed by atoms with Crippen LogP contribution < -0.4 is 5.19 Å². The van der Waals surface area contributed by atoms with Gasteiger partial charge in [-0.1, -0.05) is 106 Å². The number of pyridine rings is 1. The molecule has 0 saturated heterocycles. The van der Waals surface area contributed by atoms with Crippen LogP contribution in [0.25, 0.3) is 83.2 Å². The highest BCUT2D eigenvalue weighted by molar-refractivity contribution is 6.88. The number of phenols is 1. The molecule has 6 heteroatoms. The zero-order chi connectivity index (χ0) is 36.4. The SMILES string of the molecule is CC(C)Cc1cc(-c2cc(-c3ccc([Si](C)(C)C)cn3)c3oc4ccccc4c3c2)c2nc(-c3ccccc3O)n(-c3cccc4ccccc34)c2c1. The zero-order valence-corrected chi connectivity index (χ0v) is 31.7. The Balaban J connectivity index is 1.39. The van der Waals surface area contributed by atoms with Crippen molar-refractivity contribution < 1.29 is 9.52 Å². The molecule has 0 amide bonds. The van der Waals surface area contributed by atoms with Crippen molar-refractivity contribution in [2.75, 3.05) is 0 Å². The van der Waals surface area contributed by atoms with Gasteiger partial charge in [-0.3, -0.25) is 9.55 Å². The molecule has 5 nitrogen and oxygen atoms in total. The first-order valence-electron chi connectivity index (χ1n) is 18.4. The number of imidazole rings is 1. The number of hydrogen-bond acceptors (Lipinski definition) is 4. The van der Waals surface area contributed by atoms with Gasteiger partial charge in [-0.25, -0.2) is 4.98 Å². The van der Waals surface area contributed by atoms with E-state index < -0.39 is 8.07 Å². The van der Waals surface area contributed by atoms with Crippen LogP contribution in [0.4, 0.5) is 0 Å². The third-order valence-electron chi connectivity index (χ3n) is 10.3. The van der Waals surface area contributed by atoms with Crippen molar-refractivity contribution in [2.24, 2.45) is 5.92 Å². The molecule has 0 unspecified atom stereocenters. The maximum Gasteiger partial charge on any atom is 0.149 e. The molecular weight excluding hydrogens is 667 g/mol. The number of furan rings is 1. The highest BCUT2D eigenvalue weighted by Gasteiger charge is 2.24. The maximum atomic E-state index is 11.3. The summed E-state index contributed by atoms with van der Waals surface area (Å²) in [6.45, 7) is 11.6. The fourth-order valence-corrected chi connectivity index (χ4v) is 8.74. The van der Waals surface area contributed by atoms with Crippen molar-refractivity contribution in [1.29, 1.82) is 0 Å². The van der Waals surface area contributed by atoms with Crippen LogP contribution in [0.15, 0.2) is 138 Å². The van der Waals surface area contributed by atoms with Crippen molar-refractivity contribution in [3.8, 4) is 45.2 Å². The highest BCUT2D eigenvalue weighted by atomic mass is 28.3. The van der Waals surface area contributed by atoms with Crippen molar-refractivity contribution in [3.63, 3.8) is 0 Å². The van der Waals surface area contributed by atoms with E-state index in [0.717, 1.165) is 78.2 Å². The fraction of sp³-hybridized carbons (Fsp3) is 0.149. The second-order valence-electron chi connectivity index (χ2n) is 15.6. The molecule has 0 fully saturated rings. The minimum atomic E-state index is -1.55. The molecule has 9 aromatic rings. The first-order valence-corrected chi connectivity index (χ1v) is 21.9. The van der Waals surface area contributed by atoms with E-state index in [2.05, 4.69) is 135 Å². The molecular formula is C47H41N3O2Si. The van der Waals surface area contributed by atoms with Crippen molar-refractivity contribution in [3.05, 3.63) is 139 Å². The first-order chi connectivity index (χ1) is 25.6. The normalized spacial score (nSPS) is 12.2. The van der Waals surface area contributed by atoms with Gasteiger partial charge in [0, 0.05) is 33.5 Å². The van der Waals surface area contributed by atoms with Crippen LogP contribution in [0, 0.1) is 5.92 Å². The molecule has 0 radical (unpaired) electrons. The van der Waals surface area contributed by atoms with Gasteiger partial charge < -0.3 is 9.52 Å². The zero-order valence-electron chi connectivity index (χ0n) is 30.7. The number of hydrogen-bond donors (Lipinski definition) is 1. The van der Waals surface area contributed by atoms with Gasteiger partial charge in [0.25, 0.3) is 0 Å². The molecule has 53 heavy (non-hydrogen) atoms. The monoisotopic (exact) mass is 707 g/mol. The Kier molecular flexibility index (Phi) is 7.82. The molecule has 3 aromatic heterocycles. The van der Waals surface area contributed by atoms with E-state index in [0.29, 0.717) is 17.3 Å². The molecule has 6 aromatic carbocycles. The minimum Gasteiger partial charge on any atom is -0.507 e. The molecule has 0 aliphatic heterocycles. The van der Waals surface area contributed by atoms with Gasteiger partial charge in [-0.2, -0.15) is 0 Å². The van der Waals surface area contributed by atoms with Gasteiger partial charge in [0.1, 0.15) is 22.7 Å². The lowest BCUT2D eigenvalue weighted by Crippen LogP contribution is -2.37. The quantitative estimate of drug-likeness (QED) is 0.168. The van der Waals surface area contributed by atoms with E-state index in [-0.39, 0.29) is 5.75 Å². The van der Waals surface area contributed by atoms with Crippen LogP contribution in [0.1, 0.15) is 19.4 Å². The van der Waals surface area contributed by atoms with Crippen molar-refractivity contribution in [1.82, 2.24) is 14.5 Å². The summed E-state index contributed by atoms with van der Waals surface area (Å²) in [5, 5.41) is 17.0. The largest absolute Gasteiger partial charge is 0.507 e. The van der Waals surface area contributed by atoms with E-state index in [1.165, 1.54) is 10.8 Å². The minimum absolute atomic E-state index is 0.189. The number of aromatic nitrogens is 3. The average molecular weight is 708 g/mol. The number of rotatable bonds is 7. The molecule has 9 rings (SSSR count). The smallest absolute Gasteiger partial charge is 0.149 e.